The second-order valence-corrected chi connectivity index (χ2v) is 9.49. The predicted molar refractivity (Wildman–Crippen MR) is 142 cm³/mol. The molecule has 1 aliphatic rings. The Morgan fingerprint density at radius 2 is 1.81 bits per heavy atom. The van der Waals surface area contributed by atoms with E-state index in [0.717, 1.165) is 17.7 Å². The molecule has 8 heteroatoms. The summed E-state index contributed by atoms with van der Waals surface area (Å²) in [4.78, 5) is 32.5. The predicted octanol–water partition coefficient (Wildman–Crippen LogP) is 5.82. The van der Waals surface area contributed by atoms with Crippen LogP contribution < -0.4 is 10.1 Å². The molecule has 1 fully saturated rings. The molecule has 0 aliphatic carbocycles. The van der Waals surface area contributed by atoms with Crippen molar-refractivity contribution >= 4 is 40.1 Å². The second kappa shape index (κ2) is 12.4. The van der Waals surface area contributed by atoms with Crippen molar-refractivity contribution in [3.8, 4) is 5.75 Å². The molecule has 2 amide bonds. The van der Waals surface area contributed by atoms with Crippen LogP contribution in [0.3, 0.4) is 0 Å². The van der Waals surface area contributed by atoms with Gasteiger partial charge in [-0.15, -0.1) is 0 Å². The summed E-state index contributed by atoms with van der Waals surface area (Å²) < 4.78 is 18.8. The van der Waals surface area contributed by atoms with Crippen molar-refractivity contribution < 1.29 is 18.7 Å². The number of amidine groups is 1. The molecule has 1 heterocycles. The van der Waals surface area contributed by atoms with E-state index in [9.17, 15) is 14.0 Å². The van der Waals surface area contributed by atoms with Gasteiger partial charge in [-0.2, -0.15) is 0 Å². The molecule has 1 aliphatic heterocycles. The number of carbonyl (C=O) groups excluding carboxylic acids is 2. The Kier molecular flexibility index (Phi) is 8.73. The van der Waals surface area contributed by atoms with E-state index >= 15 is 0 Å². The van der Waals surface area contributed by atoms with E-state index < -0.39 is 5.25 Å². The van der Waals surface area contributed by atoms with Gasteiger partial charge in [-0.25, -0.2) is 9.38 Å². The summed E-state index contributed by atoms with van der Waals surface area (Å²) in [5, 5.41) is 2.76. The number of anilines is 1. The SMILES string of the molecule is CCCOc1ccc(NC(=O)[C@H]2CC(=O)N(CCc3ccc(F)cc3)C(=Nc3ccccc3)S2)cc1. The Morgan fingerprint density at radius 3 is 2.50 bits per heavy atom. The number of benzene rings is 3. The first kappa shape index (κ1) is 25.4. The number of ether oxygens (including phenoxy) is 1. The van der Waals surface area contributed by atoms with Crippen molar-refractivity contribution in [3.63, 3.8) is 0 Å². The highest BCUT2D eigenvalue weighted by Crippen LogP contribution is 2.30. The number of amides is 2. The fourth-order valence-electron chi connectivity index (χ4n) is 3.64. The van der Waals surface area contributed by atoms with Gasteiger partial charge in [0.2, 0.25) is 11.8 Å². The molecular formula is C28H28FN3O3S. The summed E-state index contributed by atoms with van der Waals surface area (Å²) in [5.74, 6) is 0.0151. The molecule has 0 radical (unpaired) electrons. The Morgan fingerprint density at radius 1 is 1.08 bits per heavy atom. The fourth-order valence-corrected chi connectivity index (χ4v) is 4.77. The molecule has 1 N–H and O–H groups in total. The third-order valence-electron chi connectivity index (χ3n) is 5.55. The Balaban J connectivity index is 1.47. The second-order valence-electron chi connectivity index (χ2n) is 8.32. The lowest BCUT2D eigenvalue weighted by molar-refractivity contribution is -0.129. The van der Waals surface area contributed by atoms with E-state index in [1.54, 1.807) is 29.2 Å². The minimum atomic E-state index is -0.613. The number of rotatable bonds is 9. The number of hydrogen-bond acceptors (Lipinski definition) is 5. The highest BCUT2D eigenvalue weighted by Gasteiger charge is 2.35. The molecule has 3 aromatic rings. The molecule has 36 heavy (non-hydrogen) atoms. The molecule has 6 nitrogen and oxygen atoms in total. The van der Waals surface area contributed by atoms with Crippen molar-refractivity contribution in [3.05, 3.63) is 90.2 Å². The van der Waals surface area contributed by atoms with Gasteiger partial charge in [0.15, 0.2) is 5.17 Å². The van der Waals surface area contributed by atoms with Gasteiger partial charge >= 0.3 is 0 Å². The summed E-state index contributed by atoms with van der Waals surface area (Å²) in [7, 11) is 0. The van der Waals surface area contributed by atoms with Crippen molar-refractivity contribution in [1.29, 1.82) is 0 Å². The van der Waals surface area contributed by atoms with Crippen molar-refractivity contribution in [2.45, 2.75) is 31.4 Å². The molecule has 0 saturated carbocycles. The Bertz CT molecular complexity index is 1200. The van der Waals surface area contributed by atoms with Crippen molar-refractivity contribution in [1.82, 2.24) is 4.90 Å². The van der Waals surface area contributed by atoms with Gasteiger partial charge < -0.3 is 10.1 Å². The maximum Gasteiger partial charge on any atom is 0.238 e. The van der Waals surface area contributed by atoms with Crippen LogP contribution in [0, 0.1) is 5.82 Å². The van der Waals surface area contributed by atoms with Crippen LogP contribution in [0.15, 0.2) is 83.9 Å². The van der Waals surface area contributed by atoms with E-state index in [1.165, 1.54) is 23.9 Å². The van der Waals surface area contributed by atoms with Gasteiger partial charge in [0.1, 0.15) is 16.8 Å². The molecular weight excluding hydrogens is 477 g/mol. The summed E-state index contributed by atoms with van der Waals surface area (Å²) >= 11 is 1.28. The van der Waals surface area contributed by atoms with Crippen LogP contribution in [-0.4, -0.2) is 40.3 Å². The van der Waals surface area contributed by atoms with Crippen molar-refractivity contribution in [2.75, 3.05) is 18.5 Å². The quantitative estimate of drug-likeness (QED) is 0.398. The van der Waals surface area contributed by atoms with E-state index in [4.69, 9.17) is 4.74 Å². The third-order valence-corrected chi connectivity index (χ3v) is 6.73. The first-order valence-corrected chi connectivity index (χ1v) is 12.8. The fraction of sp³-hybridized carbons (Fsp3) is 0.250. The molecule has 0 bridgehead atoms. The topological polar surface area (TPSA) is 71.0 Å². The number of aliphatic imine (C=N–C) groups is 1. The molecule has 1 saturated heterocycles. The van der Waals surface area contributed by atoms with Crippen LogP contribution in [0.4, 0.5) is 15.8 Å². The summed E-state index contributed by atoms with van der Waals surface area (Å²) in [6.07, 6.45) is 1.52. The number of nitrogens with zero attached hydrogens (tertiary/aromatic N) is 2. The van der Waals surface area contributed by atoms with Crippen LogP contribution in [0.1, 0.15) is 25.3 Å². The number of hydrogen-bond donors (Lipinski definition) is 1. The molecule has 0 aromatic heterocycles. The van der Waals surface area contributed by atoms with Gasteiger partial charge in [0.25, 0.3) is 0 Å². The van der Waals surface area contributed by atoms with E-state index in [0.29, 0.717) is 36.1 Å². The van der Waals surface area contributed by atoms with Gasteiger partial charge in [0.05, 0.1) is 12.3 Å². The van der Waals surface area contributed by atoms with Crippen LogP contribution in [-0.2, 0) is 16.0 Å². The average Bonchev–Trinajstić information content (AvgIpc) is 2.89. The molecule has 0 spiro atoms. The van der Waals surface area contributed by atoms with Crippen LogP contribution in [0.5, 0.6) is 5.75 Å². The maximum atomic E-state index is 13.3. The van der Waals surface area contributed by atoms with E-state index in [2.05, 4.69) is 10.3 Å². The van der Waals surface area contributed by atoms with E-state index in [-0.39, 0.29) is 24.1 Å². The molecule has 3 aromatic carbocycles. The van der Waals surface area contributed by atoms with Crippen molar-refractivity contribution in [2.24, 2.45) is 4.99 Å². The highest BCUT2D eigenvalue weighted by molar-refractivity contribution is 8.15. The largest absolute Gasteiger partial charge is 0.494 e. The van der Waals surface area contributed by atoms with Gasteiger partial charge in [-0.05, 0) is 66.9 Å². The summed E-state index contributed by atoms with van der Waals surface area (Å²) in [5.41, 5.74) is 2.25. The van der Waals surface area contributed by atoms with Gasteiger partial charge in [-0.3, -0.25) is 14.5 Å². The van der Waals surface area contributed by atoms with Crippen LogP contribution in [0.2, 0.25) is 0 Å². The third kappa shape index (κ3) is 6.95. The van der Waals surface area contributed by atoms with E-state index in [1.807, 2.05) is 49.4 Å². The Hall–Kier alpha value is -3.65. The first-order valence-electron chi connectivity index (χ1n) is 11.9. The monoisotopic (exact) mass is 505 g/mol. The number of para-hydroxylation sites is 1. The number of thioether (sulfide) groups is 1. The number of carbonyl (C=O) groups is 2. The standard InChI is InChI=1S/C28H28FN3O3S/c1-2-18-35-24-14-12-23(13-15-24)30-27(34)25-19-26(33)32(17-16-20-8-10-21(29)11-9-20)28(36-25)31-22-6-4-3-5-7-22/h3-15,25H,2,16-19H2,1H3,(H,30,34)/t25-/m1/s1. The lowest BCUT2D eigenvalue weighted by Crippen LogP contribution is -2.46. The highest BCUT2D eigenvalue weighted by atomic mass is 32.2. The number of halogens is 1. The Labute approximate surface area is 214 Å². The molecule has 4 rings (SSSR count). The zero-order valence-electron chi connectivity index (χ0n) is 20.0. The first-order chi connectivity index (χ1) is 17.5. The zero-order valence-corrected chi connectivity index (χ0v) is 20.8. The average molecular weight is 506 g/mol. The van der Waals surface area contributed by atoms with Crippen LogP contribution >= 0.6 is 11.8 Å². The molecule has 186 valence electrons. The van der Waals surface area contributed by atoms with Gasteiger partial charge in [-0.1, -0.05) is 49.0 Å². The minimum absolute atomic E-state index is 0.0609. The van der Waals surface area contributed by atoms with Crippen LogP contribution in [0.25, 0.3) is 0 Å². The summed E-state index contributed by atoms with van der Waals surface area (Å²) in [6, 6.07) is 22.7. The zero-order chi connectivity index (χ0) is 25.3. The minimum Gasteiger partial charge on any atom is -0.494 e. The molecule has 0 unspecified atom stereocenters. The summed E-state index contributed by atoms with van der Waals surface area (Å²) in [6.45, 7) is 3.06. The normalized spacial score (nSPS) is 16.7. The van der Waals surface area contributed by atoms with Gasteiger partial charge in [0, 0.05) is 18.7 Å². The number of nitrogens with one attached hydrogen (secondary N) is 1. The molecule has 1 atom stereocenters. The lowest BCUT2D eigenvalue weighted by atomic mass is 10.1. The smallest absolute Gasteiger partial charge is 0.238 e. The lowest BCUT2D eigenvalue weighted by Gasteiger charge is -2.32. The maximum absolute atomic E-state index is 13.3.